The number of piperazine rings is 1. The average Bonchev–Trinajstić information content (AvgIpc) is 2.58. The molecule has 0 spiro atoms. The number of methoxy groups -OCH3 is 1. The molecular weight excluding hydrogens is 348 g/mol. The van der Waals surface area contributed by atoms with Crippen LogP contribution in [0.15, 0.2) is 0 Å². The van der Waals surface area contributed by atoms with Crippen molar-refractivity contribution in [1.29, 1.82) is 0 Å². The van der Waals surface area contributed by atoms with Crippen molar-refractivity contribution in [2.75, 3.05) is 65.9 Å². The summed E-state index contributed by atoms with van der Waals surface area (Å²) in [5, 5.41) is 3.70. The maximum absolute atomic E-state index is 11.9. The fourth-order valence-electron chi connectivity index (χ4n) is 2.31. The summed E-state index contributed by atoms with van der Waals surface area (Å²) >= 11 is 7.12. The number of amides is 1. The lowest BCUT2D eigenvalue weighted by Gasteiger charge is -2.36. The summed E-state index contributed by atoms with van der Waals surface area (Å²) in [6.07, 6.45) is 2.67. The molecule has 0 aromatic carbocycles. The van der Waals surface area contributed by atoms with Crippen molar-refractivity contribution in [3.05, 3.63) is 0 Å². The Morgan fingerprint density at radius 3 is 2.42 bits per heavy atom. The van der Waals surface area contributed by atoms with Crippen LogP contribution in [0.5, 0.6) is 0 Å². The Kier molecular flexibility index (Phi) is 9.38. The van der Waals surface area contributed by atoms with Crippen molar-refractivity contribution in [1.82, 2.24) is 20.0 Å². The van der Waals surface area contributed by atoms with Gasteiger partial charge in [0.05, 0.1) is 13.7 Å². The Labute approximate surface area is 154 Å². The van der Waals surface area contributed by atoms with Crippen molar-refractivity contribution in [3.63, 3.8) is 0 Å². The molecule has 7 nitrogen and oxygen atoms in total. The van der Waals surface area contributed by atoms with Gasteiger partial charge in [-0.05, 0) is 30.6 Å². The number of thioether (sulfide) groups is 1. The fourth-order valence-corrected chi connectivity index (χ4v) is 3.11. The first-order valence-electron chi connectivity index (χ1n) is 7.93. The van der Waals surface area contributed by atoms with E-state index in [1.54, 1.807) is 30.8 Å². The SMILES string of the molecule is COC(=O)[C@@H](CCSC)NC(=S)N1CCN(CC(=O)N(C)C)CC1. The molecule has 0 saturated carbocycles. The number of hydrogen-bond donors (Lipinski definition) is 1. The van der Waals surface area contributed by atoms with Crippen molar-refractivity contribution >= 4 is 41.0 Å². The molecule has 0 aromatic heterocycles. The van der Waals surface area contributed by atoms with Crippen LogP contribution >= 0.6 is 24.0 Å². The minimum absolute atomic E-state index is 0.104. The minimum atomic E-state index is -0.414. The Morgan fingerprint density at radius 2 is 1.92 bits per heavy atom. The summed E-state index contributed by atoms with van der Waals surface area (Å²) in [4.78, 5) is 29.4. The number of rotatable bonds is 7. The summed E-state index contributed by atoms with van der Waals surface area (Å²) in [5.41, 5.74) is 0. The van der Waals surface area contributed by atoms with E-state index in [0.717, 1.165) is 31.9 Å². The highest BCUT2D eigenvalue weighted by Crippen LogP contribution is 2.06. The molecule has 1 amide bonds. The van der Waals surface area contributed by atoms with E-state index in [-0.39, 0.29) is 11.9 Å². The topological polar surface area (TPSA) is 65.1 Å². The zero-order valence-corrected chi connectivity index (χ0v) is 16.5. The largest absolute Gasteiger partial charge is 0.467 e. The normalized spacial score (nSPS) is 16.4. The maximum atomic E-state index is 11.9. The molecule has 0 aromatic rings. The second-order valence-corrected chi connectivity index (χ2v) is 7.23. The van der Waals surface area contributed by atoms with Gasteiger partial charge in [-0.25, -0.2) is 4.79 Å². The molecule has 1 N–H and O–H groups in total. The van der Waals surface area contributed by atoms with Crippen LogP contribution in [0.1, 0.15) is 6.42 Å². The first kappa shape index (κ1) is 21.0. The summed E-state index contributed by atoms with van der Waals surface area (Å²) in [6, 6.07) is -0.414. The minimum Gasteiger partial charge on any atom is -0.467 e. The van der Waals surface area contributed by atoms with Gasteiger partial charge in [-0.15, -0.1) is 0 Å². The number of ether oxygens (including phenoxy) is 1. The quantitative estimate of drug-likeness (QED) is 0.487. The lowest BCUT2D eigenvalue weighted by molar-refractivity contribution is -0.142. The van der Waals surface area contributed by atoms with E-state index in [0.29, 0.717) is 18.1 Å². The summed E-state index contributed by atoms with van der Waals surface area (Å²) in [6.45, 7) is 3.45. The van der Waals surface area contributed by atoms with Crippen LogP contribution in [-0.2, 0) is 14.3 Å². The third-order valence-electron chi connectivity index (χ3n) is 3.91. The van der Waals surface area contributed by atoms with Crippen molar-refractivity contribution in [2.45, 2.75) is 12.5 Å². The van der Waals surface area contributed by atoms with Gasteiger partial charge in [-0.2, -0.15) is 11.8 Å². The number of carbonyl (C=O) groups excluding carboxylic acids is 2. The number of hydrogen-bond acceptors (Lipinski definition) is 6. The maximum Gasteiger partial charge on any atom is 0.328 e. The van der Waals surface area contributed by atoms with Crippen LogP contribution in [0.2, 0.25) is 0 Å². The standard InChI is InChI=1S/C15H28N4O3S2/c1-17(2)13(20)11-18-6-8-19(9-7-18)15(23)16-12(5-10-24-4)14(21)22-3/h12H,5-11H2,1-4H3,(H,16,23)/t12-/m1/s1. The first-order valence-corrected chi connectivity index (χ1v) is 9.74. The average molecular weight is 377 g/mol. The second-order valence-electron chi connectivity index (χ2n) is 5.86. The smallest absolute Gasteiger partial charge is 0.328 e. The molecule has 1 aliphatic heterocycles. The highest BCUT2D eigenvalue weighted by atomic mass is 32.2. The summed E-state index contributed by atoms with van der Waals surface area (Å²) in [7, 11) is 4.91. The van der Waals surface area contributed by atoms with E-state index in [1.165, 1.54) is 7.11 Å². The van der Waals surface area contributed by atoms with E-state index < -0.39 is 6.04 Å². The van der Waals surface area contributed by atoms with Gasteiger partial charge >= 0.3 is 5.97 Å². The van der Waals surface area contributed by atoms with Crippen LogP contribution in [0.3, 0.4) is 0 Å². The van der Waals surface area contributed by atoms with Gasteiger partial charge in [0.25, 0.3) is 0 Å². The molecule has 138 valence electrons. The van der Waals surface area contributed by atoms with Crippen LogP contribution in [0.25, 0.3) is 0 Å². The number of nitrogens with zero attached hydrogens (tertiary/aromatic N) is 3. The molecule has 24 heavy (non-hydrogen) atoms. The lowest BCUT2D eigenvalue weighted by Crippen LogP contribution is -2.55. The second kappa shape index (κ2) is 10.7. The predicted molar refractivity (Wildman–Crippen MR) is 101 cm³/mol. The van der Waals surface area contributed by atoms with Crippen molar-refractivity contribution in [3.8, 4) is 0 Å². The predicted octanol–water partition coefficient (Wildman–Crippen LogP) is -0.139. The Balaban J connectivity index is 2.46. The van der Waals surface area contributed by atoms with Gasteiger partial charge in [0, 0.05) is 40.3 Å². The zero-order valence-electron chi connectivity index (χ0n) is 14.9. The van der Waals surface area contributed by atoms with E-state index in [9.17, 15) is 9.59 Å². The molecule has 1 atom stereocenters. The van der Waals surface area contributed by atoms with Gasteiger partial charge in [0.2, 0.25) is 5.91 Å². The van der Waals surface area contributed by atoms with Crippen LogP contribution < -0.4 is 5.32 Å². The van der Waals surface area contributed by atoms with E-state index in [4.69, 9.17) is 17.0 Å². The highest BCUT2D eigenvalue weighted by molar-refractivity contribution is 7.98. The van der Waals surface area contributed by atoms with Gasteiger partial charge in [-0.1, -0.05) is 0 Å². The molecule has 0 bridgehead atoms. The zero-order chi connectivity index (χ0) is 18.1. The van der Waals surface area contributed by atoms with Crippen molar-refractivity contribution in [2.24, 2.45) is 0 Å². The van der Waals surface area contributed by atoms with Crippen molar-refractivity contribution < 1.29 is 14.3 Å². The number of carbonyl (C=O) groups is 2. The highest BCUT2D eigenvalue weighted by Gasteiger charge is 2.25. The molecule has 0 radical (unpaired) electrons. The molecule has 0 unspecified atom stereocenters. The molecule has 9 heteroatoms. The molecule has 1 heterocycles. The molecule has 1 saturated heterocycles. The monoisotopic (exact) mass is 376 g/mol. The van der Waals surface area contributed by atoms with Crippen LogP contribution in [0, 0.1) is 0 Å². The fraction of sp³-hybridized carbons (Fsp3) is 0.800. The van der Waals surface area contributed by atoms with Gasteiger partial charge < -0.3 is 19.9 Å². The van der Waals surface area contributed by atoms with E-state index >= 15 is 0 Å². The Morgan fingerprint density at radius 1 is 1.29 bits per heavy atom. The van der Waals surface area contributed by atoms with E-state index in [1.807, 2.05) is 11.2 Å². The summed E-state index contributed by atoms with van der Waals surface area (Å²) in [5.74, 6) is 0.670. The molecule has 0 aliphatic carbocycles. The number of nitrogens with one attached hydrogen (secondary N) is 1. The number of esters is 1. The van der Waals surface area contributed by atoms with E-state index in [2.05, 4.69) is 10.2 Å². The molecular formula is C15H28N4O3S2. The van der Waals surface area contributed by atoms with Crippen LogP contribution in [-0.4, -0.2) is 104 Å². The first-order chi connectivity index (χ1) is 11.4. The number of thiocarbonyl (C=S) groups is 1. The van der Waals surface area contributed by atoms with Gasteiger partial charge in [0.1, 0.15) is 6.04 Å². The van der Waals surface area contributed by atoms with Gasteiger partial charge in [-0.3, -0.25) is 9.69 Å². The molecule has 1 aliphatic rings. The Bertz CT molecular complexity index is 440. The van der Waals surface area contributed by atoms with Crippen LogP contribution in [0.4, 0.5) is 0 Å². The molecule has 1 fully saturated rings. The Hall–Kier alpha value is -1.06. The number of likely N-dealkylation sites (N-methyl/N-ethyl adjacent to an activating group) is 1. The third-order valence-corrected chi connectivity index (χ3v) is 4.93. The van der Waals surface area contributed by atoms with Gasteiger partial charge in [0.15, 0.2) is 5.11 Å². The molecule has 1 rings (SSSR count). The third kappa shape index (κ3) is 6.82. The summed E-state index contributed by atoms with van der Waals surface area (Å²) < 4.78 is 4.84. The lowest BCUT2D eigenvalue weighted by atomic mass is 10.2.